The fourth-order valence-corrected chi connectivity index (χ4v) is 4.07. The van der Waals surface area contributed by atoms with Gasteiger partial charge in [0, 0.05) is 17.5 Å². The summed E-state index contributed by atoms with van der Waals surface area (Å²) in [6, 6.07) is 20.4. The van der Waals surface area contributed by atoms with E-state index in [0.29, 0.717) is 5.84 Å². The Hall–Kier alpha value is -2.92. The van der Waals surface area contributed by atoms with Crippen molar-refractivity contribution in [2.75, 3.05) is 9.91 Å². The normalized spacial score (nSPS) is 16.6. The molecule has 5 heteroatoms. The highest BCUT2D eigenvalue weighted by molar-refractivity contribution is 7.10. The Morgan fingerprint density at radius 2 is 1.74 bits per heavy atom. The number of hydrogen-bond donors (Lipinski definition) is 0. The molecule has 1 aliphatic rings. The number of carbonyl (C=O) groups is 1. The van der Waals surface area contributed by atoms with Crippen LogP contribution in [0.2, 0.25) is 0 Å². The summed E-state index contributed by atoms with van der Waals surface area (Å²) in [5.74, 6) is 0.411. The van der Waals surface area contributed by atoms with Crippen LogP contribution in [0, 0.1) is 13.8 Å². The van der Waals surface area contributed by atoms with E-state index in [-0.39, 0.29) is 11.9 Å². The summed E-state index contributed by atoms with van der Waals surface area (Å²) in [6.45, 7) is 5.76. The van der Waals surface area contributed by atoms with E-state index in [4.69, 9.17) is 5.10 Å². The van der Waals surface area contributed by atoms with Gasteiger partial charge in [-0.25, -0.2) is 5.01 Å². The quantitative estimate of drug-likeness (QED) is 0.621. The van der Waals surface area contributed by atoms with E-state index < -0.39 is 0 Å². The number of hydrogen-bond acceptors (Lipinski definition) is 5. The van der Waals surface area contributed by atoms with Crippen LogP contribution in [0.15, 0.2) is 71.1 Å². The first-order chi connectivity index (χ1) is 13.1. The van der Waals surface area contributed by atoms with Crippen molar-refractivity contribution in [1.29, 1.82) is 0 Å². The van der Waals surface area contributed by atoms with Gasteiger partial charge in [0.1, 0.15) is 0 Å². The van der Waals surface area contributed by atoms with Gasteiger partial charge in [-0.15, -0.1) is 16.4 Å². The second-order valence-corrected chi connectivity index (χ2v) is 7.67. The van der Waals surface area contributed by atoms with Crippen molar-refractivity contribution < 1.29 is 4.79 Å². The Kier molecular flexibility index (Phi) is 4.54. The van der Waals surface area contributed by atoms with Crippen molar-refractivity contribution in [2.24, 2.45) is 5.10 Å². The molecule has 1 atom stereocenters. The average Bonchev–Trinajstić information content (AvgIpc) is 3.32. The molecular weight excluding hydrogens is 354 g/mol. The molecular formula is C22H21N3OS. The molecule has 0 unspecified atom stereocenters. The standard InChI is InChI=1S/C22H21N3OS/c1-15-11-12-19(14-16(15)2)24-21(17(3)26)23-25(18-8-5-4-6-9-18)22(24)20-10-7-13-27-20/h4-14,22H,1-3H3/t22-/m1/s1. The molecule has 0 spiro atoms. The lowest BCUT2D eigenvalue weighted by molar-refractivity contribution is -0.111. The van der Waals surface area contributed by atoms with E-state index in [2.05, 4.69) is 43.5 Å². The number of carbonyl (C=O) groups excluding carboxylic acids is 1. The first-order valence-electron chi connectivity index (χ1n) is 8.90. The van der Waals surface area contributed by atoms with Crippen LogP contribution in [0.25, 0.3) is 0 Å². The summed E-state index contributed by atoms with van der Waals surface area (Å²) in [7, 11) is 0. The third kappa shape index (κ3) is 3.15. The molecule has 0 radical (unpaired) electrons. The lowest BCUT2D eigenvalue weighted by Gasteiger charge is -2.31. The minimum Gasteiger partial charge on any atom is -0.294 e. The van der Waals surface area contributed by atoms with Crippen molar-refractivity contribution in [2.45, 2.75) is 26.9 Å². The smallest absolute Gasteiger partial charge is 0.198 e. The zero-order valence-electron chi connectivity index (χ0n) is 15.6. The Bertz CT molecular complexity index is 996. The van der Waals surface area contributed by atoms with Gasteiger partial charge in [-0.2, -0.15) is 0 Å². The van der Waals surface area contributed by atoms with Gasteiger partial charge in [-0.3, -0.25) is 9.69 Å². The number of para-hydroxylation sites is 1. The van der Waals surface area contributed by atoms with Crippen LogP contribution in [0.1, 0.15) is 29.1 Å². The first-order valence-corrected chi connectivity index (χ1v) is 9.78. The molecule has 4 nitrogen and oxygen atoms in total. The largest absolute Gasteiger partial charge is 0.294 e. The molecule has 27 heavy (non-hydrogen) atoms. The number of anilines is 2. The number of ketones is 1. The van der Waals surface area contributed by atoms with E-state index >= 15 is 0 Å². The monoisotopic (exact) mass is 375 g/mol. The van der Waals surface area contributed by atoms with Crippen molar-refractivity contribution in [1.82, 2.24) is 0 Å². The van der Waals surface area contributed by atoms with Crippen LogP contribution in [-0.4, -0.2) is 11.6 Å². The maximum Gasteiger partial charge on any atom is 0.198 e. The topological polar surface area (TPSA) is 35.9 Å². The maximum absolute atomic E-state index is 12.5. The molecule has 136 valence electrons. The van der Waals surface area contributed by atoms with Gasteiger partial charge < -0.3 is 0 Å². The number of amidine groups is 1. The van der Waals surface area contributed by atoms with Crippen LogP contribution >= 0.6 is 11.3 Å². The van der Waals surface area contributed by atoms with E-state index in [9.17, 15) is 4.79 Å². The molecule has 1 aromatic heterocycles. The highest BCUT2D eigenvalue weighted by atomic mass is 32.1. The number of Topliss-reactive ketones (excluding diaryl/α,β-unsaturated/α-hetero) is 1. The van der Waals surface area contributed by atoms with Crippen molar-refractivity contribution >= 4 is 34.3 Å². The van der Waals surface area contributed by atoms with Gasteiger partial charge in [0.15, 0.2) is 17.8 Å². The molecule has 4 rings (SSSR count). The summed E-state index contributed by atoms with van der Waals surface area (Å²) in [5.41, 5.74) is 4.36. The van der Waals surface area contributed by atoms with E-state index in [1.807, 2.05) is 46.3 Å². The molecule has 0 amide bonds. The fraction of sp³-hybridized carbons (Fsp3) is 0.182. The molecule has 0 saturated heterocycles. The Balaban J connectivity index is 1.89. The Morgan fingerprint density at radius 3 is 2.37 bits per heavy atom. The van der Waals surface area contributed by atoms with E-state index in [0.717, 1.165) is 16.3 Å². The fourth-order valence-electron chi connectivity index (χ4n) is 3.27. The zero-order valence-corrected chi connectivity index (χ0v) is 16.4. The van der Waals surface area contributed by atoms with Gasteiger partial charge in [0.2, 0.25) is 0 Å². The average molecular weight is 375 g/mol. The molecule has 0 fully saturated rings. The highest BCUT2D eigenvalue weighted by Crippen LogP contribution is 2.40. The van der Waals surface area contributed by atoms with Crippen LogP contribution in [0.3, 0.4) is 0 Å². The van der Waals surface area contributed by atoms with Crippen LogP contribution in [0.4, 0.5) is 11.4 Å². The second-order valence-electron chi connectivity index (χ2n) is 6.69. The molecule has 1 aliphatic heterocycles. The SMILES string of the molecule is CC(=O)C1=NN(c2ccccc2)[C@H](c2cccs2)N1c1ccc(C)c(C)c1. The van der Waals surface area contributed by atoms with Gasteiger partial charge >= 0.3 is 0 Å². The molecule has 2 aromatic carbocycles. The zero-order chi connectivity index (χ0) is 19.0. The summed E-state index contributed by atoms with van der Waals surface area (Å²) >= 11 is 1.67. The number of rotatable bonds is 4. The van der Waals surface area contributed by atoms with Crippen molar-refractivity contribution in [3.8, 4) is 0 Å². The van der Waals surface area contributed by atoms with Crippen molar-refractivity contribution in [3.63, 3.8) is 0 Å². The number of nitrogens with zero attached hydrogens (tertiary/aromatic N) is 3. The maximum atomic E-state index is 12.5. The lowest BCUT2D eigenvalue weighted by Crippen LogP contribution is -2.37. The minimum absolute atomic E-state index is 0.0479. The number of thiophene rings is 1. The summed E-state index contributed by atoms with van der Waals surface area (Å²) < 4.78 is 0. The van der Waals surface area contributed by atoms with Crippen LogP contribution in [0.5, 0.6) is 0 Å². The molecule has 0 saturated carbocycles. The molecule has 0 N–H and O–H groups in total. The number of benzene rings is 2. The van der Waals surface area contributed by atoms with Gasteiger partial charge in [0.05, 0.1) is 5.69 Å². The second kappa shape index (κ2) is 7.00. The van der Waals surface area contributed by atoms with Crippen molar-refractivity contribution in [3.05, 3.63) is 82.0 Å². The summed E-state index contributed by atoms with van der Waals surface area (Å²) in [6.07, 6.45) is -0.187. The Morgan fingerprint density at radius 1 is 0.963 bits per heavy atom. The third-order valence-electron chi connectivity index (χ3n) is 4.81. The van der Waals surface area contributed by atoms with Crippen LogP contribution < -0.4 is 9.91 Å². The predicted octanol–water partition coefficient (Wildman–Crippen LogP) is 5.29. The molecule has 3 aromatic rings. The van der Waals surface area contributed by atoms with Crippen LogP contribution in [-0.2, 0) is 4.79 Å². The van der Waals surface area contributed by atoms with Gasteiger partial charge in [0.25, 0.3) is 0 Å². The first kappa shape index (κ1) is 17.5. The van der Waals surface area contributed by atoms with Gasteiger partial charge in [-0.05, 0) is 60.7 Å². The molecule has 0 aliphatic carbocycles. The van der Waals surface area contributed by atoms with E-state index in [1.165, 1.54) is 11.1 Å². The minimum atomic E-state index is -0.187. The highest BCUT2D eigenvalue weighted by Gasteiger charge is 2.39. The Labute approximate surface area is 163 Å². The molecule has 0 bridgehead atoms. The summed E-state index contributed by atoms with van der Waals surface area (Å²) in [5, 5.41) is 8.74. The van der Waals surface area contributed by atoms with Gasteiger partial charge in [-0.1, -0.05) is 30.3 Å². The third-order valence-corrected chi connectivity index (χ3v) is 5.72. The predicted molar refractivity (Wildman–Crippen MR) is 112 cm³/mol. The number of hydrazone groups is 1. The van der Waals surface area contributed by atoms with E-state index in [1.54, 1.807) is 18.3 Å². The molecule has 2 heterocycles. The number of aryl methyl sites for hydroxylation is 2. The summed E-state index contributed by atoms with van der Waals surface area (Å²) in [4.78, 5) is 15.7. The lowest BCUT2D eigenvalue weighted by atomic mass is 10.1.